The summed E-state index contributed by atoms with van der Waals surface area (Å²) in [7, 11) is -3.52. The van der Waals surface area contributed by atoms with Crippen LogP contribution in [0.2, 0.25) is 5.02 Å². The number of ether oxygens (including phenoxy) is 1. The van der Waals surface area contributed by atoms with E-state index in [1.165, 1.54) is 29.3 Å². The summed E-state index contributed by atoms with van der Waals surface area (Å²) in [6, 6.07) is 12.3. The topological polar surface area (TPSA) is 72.5 Å². The van der Waals surface area contributed by atoms with Crippen LogP contribution in [0.15, 0.2) is 53.4 Å². The Morgan fingerprint density at radius 2 is 1.90 bits per heavy atom. The van der Waals surface area contributed by atoms with E-state index >= 15 is 0 Å². The minimum absolute atomic E-state index is 0.217. The Bertz CT molecular complexity index is 1000. The standard InChI is InChI=1S/C22H24ClNO4S/c1-2-28-22(25)10-4-16-3-5-18-14-17(15-19(18)13-16)11-12-24-29(26,27)21-8-6-20(23)7-9-21/h3-10,13,17,24H,2,11-12,14-15H2,1H3/b10-4+. The molecule has 0 bridgehead atoms. The smallest absolute Gasteiger partial charge is 0.330 e. The van der Waals surface area contributed by atoms with Gasteiger partial charge in [0.25, 0.3) is 0 Å². The molecule has 5 nitrogen and oxygen atoms in total. The summed E-state index contributed by atoms with van der Waals surface area (Å²) in [4.78, 5) is 11.7. The molecule has 0 amide bonds. The molecule has 7 heteroatoms. The molecule has 2 aromatic rings. The van der Waals surface area contributed by atoms with E-state index in [4.69, 9.17) is 16.3 Å². The van der Waals surface area contributed by atoms with Gasteiger partial charge < -0.3 is 4.74 Å². The molecule has 0 aromatic heterocycles. The number of hydrogen-bond donors (Lipinski definition) is 1. The normalized spacial score (nSPS) is 16.1. The van der Waals surface area contributed by atoms with Crippen molar-refractivity contribution in [1.82, 2.24) is 4.72 Å². The summed E-state index contributed by atoms with van der Waals surface area (Å²) < 4.78 is 32.3. The number of esters is 1. The molecule has 29 heavy (non-hydrogen) atoms. The van der Waals surface area contributed by atoms with Crippen LogP contribution < -0.4 is 4.72 Å². The molecule has 1 unspecified atom stereocenters. The van der Waals surface area contributed by atoms with Gasteiger partial charge in [0.1, 0.15) is 0 Å². The number of carbonyl (C=O) groups is 1. The van der Waals surface area contributed by atoms with E-state index in [0.717, 1.165) is 24.8 Å². The molecule has 3 rings (SSSR count). The summed E-state index contributed by atoms with van der Waals surface area (Å²) in [5.74, 6) is 0.0426. The van der Waals surface area contributed by atoms with Gasteiger partial charge >= 0.3 is 5.97 Å². The van der Waals surface area contributed by atoms with E-state index < -0.39 is 10.0 Å². The summed E-state index contributed by atoms with van der Waals surface area (Å²) >= 11 is 5.81. The molecule has 0 radical (unpaired) electrons. The predicted octanol–water partition coefficient (Wildman–Crippen LogP) is 4.00. The van der Waals surface area contributed by atoms with Crippen molar-refractivity contribution in [1.29, 1.82) is 0 Å². The highest BCUT2D eigenvalue weighted by Crippen LogP contribution is 2.30. The molecule has 0 heterocycles. The highest BCUT2D eigenvalue weighted by atomic mass is 35.5. The third kappa shape index (κ3) is 5.92. The third-order valence-electron chi connectivity index (χ3n) is 4.91. The molecule has 1 aliphatic carbocycles. The van der Waals surface area contributed by atoms with E-state index in [1.54, 1.807) is 25.1 Å². The summed E-state index contributed by atoms with van der Waals surface area (Å²) in [6.45, 7) is 2.52. The Kier molecular flexibility index (Phi) is 7.11. The van der Waals surface area contributed by atoms with Crippen LogP contribution in [-0.2, 0) is 32.4 Å². The van der Waals surface area contributed by atoms with Crippen molar-refractivity contribution in [2.75, 3.05) is 13.2 Å². The fourth-order valence-corrected chi connectivity index (χ4v) is 4.66. The number of benzene rings is 2. The number of nitrogens with one attached hydrogen (secondary N) is 1. The van der Waals surface area contributed by atoms with Gasteiger partial charge in [-0.15, -0.1) is 0 Å². The van der Waals surface area contributed by atoms with Crippen molar-refractivity contribution in [3.8, 4) is 0 Å². The molecule has 154 valence electrons. The van der Waals surface area contributed by atoms with Crippen LogP contribution in [0.3, 0.4) is 0 Å². The lowest BCUT2D eigenvalue weighted by Gasteiger charge is -2.10. The van der Waals surface area contributed by atoms with E-state index in [9.17, 15) is 13.2 Å². The van der Waals surface area contributed by atoms with Gasteiger partial charge in [-0.1, -0.05) is 29.8 Å². The molecular weight excluding hydrogens is 410 g/mol. The van der Waals surface area contributed by atoms with Gasteiger partial charge in [-0.25, -0.2) is 17.9 Å². The Morgan fingerprint density at radius 1 is 1.17 bits per heavy atom. The predicted molar refractivity (Wildman–Crippen MR) is 114 cm³/mol. The number of hydrogen-bond acceptors (Lipinski definition) is 4. The molecule has 2 aromatic carbocycles. The van der Waals surface area contributed by atoms with Crippen LogP contribution in [0.4, 0.5) is 0 Å². The van der Waals surface area contributed by atoms with Crippen LogP contribution in [0.25, 0.3) is 6.08 Å². The zero-order valence-electron chi connectivity index (χ0n) is 16.2. The second kappa shape index (κ2) is 9.57. The maximum Gasteiger partial charge on any atom is 0.330 e. The first-order chi connectivity index (χ1) is 13.9. The van der Waals surface area contributed by atoms with Gasteiger partial charge in [0.05, 0.1) is 11.5 Å². The van der Waals surface area contributed by atoms with Gasteiger partial charge in [-0.2, -0.15) is 0 Å². The van der Waals surface area contributed by atoms with Crippen molar-refractivity contribution in [2.24, 2.45) is 5.92 Å². The second-order valence-corrected chi connectivity index (χ2v) is 9.23. The van der Waals surface area contributed by atoms with Gasteiger partial charge in [0.2, 0.25) is 10.0 Å². The summed E-state index contributed by atoms with van der Waals surface area (Å²) in [6.07, 6.45) is 5.78. The number of rotatable bonds is 8. The Labute approximate surface area is 176 Å². The number of fused-ring (bicyclic) bond motifs is 1. The highest BCUT2D eigenvalue weighted by molar-refractivity contribution is 7.89. The molecule has 1 aliphatic rings. The largest absolute Gasteiger partial charge is 0.463 e. The molecule has 0 aliphatic heterocycles. The Hall–Kier alpha value is -2.15. The first-order valence-corrected chi connectivity index (χ1v) is 11.5. The van der Waals surface area contributed by atoms with Gasteiger partial charge in [0.15, 0.2) is 0 Å². The Balaban J connectivity index is 1.53. The van der Waals surface area contributed by atoms with Crippen molar-refractivity contribution < 1.29 is 17.9 Å². The first-order valence-electron chi connectivity index (χ1n) is 9.59. The Morgan fingerprint density at radius 3 is 2.62 bits per heavy atom. The van der Waals surface area contributed by atoms with Crippen molar-refractivity contribution in [3.05, 3.63) is 70.3 Å². The number of sulfonamides is 1. The molecule has 0 saturated heterocycles. The zero-order chi connectivity index (χ0) is 20.9. The molecule has 1 atom stereocenters. The summed E-state index contributed by atoms with van der Waals surface area (Å²) in [5.41, 5.74) is 3.49. The van der Waals surface area contributed by atoms with E-state index in [2.05, 4.69) is 16.9 Å². The SMILES string of the molecule is CCOC(=O)/C=C/c1ccc2c(c1)CC(CCNS(=O)(=O)c1ccc(Cl)cc1)C2. The van der Waals surface area contributed by atoms with Crippen LogP contribution in [-0.4, -0.2) is 27.5 Å². The van der Waals surface area contributed by atoms with Crippen molar-refractivity contribution >= 4 is 33.7 Å². The van der Waals surface area contributed by atoms with Crippen LogP contribution in [0.1, 0.15) is 30.0 Å². The fourth-order valence-electron chi connectivity index (χ4n) is 3.49. The third-order valence-corrected chi connectivity index (χ3v) is 6.64. The zero-order valence-corrected chi connectivity index (χ0v) is 17.8. The maximum absolute atomic E-state index is 12.4. The van der Waals surface area contributed by atoms with Crippen LogP contribution in [0, 0.1) is 5.92 Å². The minimum atomic E-state index is -3.52. The summed E-state index contributed by atoms with van der Waals surface area (Å²) in [5, 5.41) is 0.504. The molecule has 1 N–H and O–H groups in total. The monoisotopic (exact) mass is 433 g/mol. The first kappa shape index (κ1) is 21.6. The average molecular weight is 434 g/mol. The van der Waals surface area contributed by atoms with E-state index in [0.29, 0.717) is 24.1 Å². The van der Waals surface area contributed by atoms with Gasteiger partial charge in [0, 0.05) is 17.6 Å². The lowest BCUT2D eigenvalue weighted by molar-refractivity contribution is -0.137. The van der Waals surface area contributed by atoms with Crippen molar-refractivity contribution in [3.63, 3.8) is 0 Å². The maximum atomic E-state index is 12.4. The minimum Gasteiger partial charge on any atom is -0.463 e. The lowest BCUT2D eigenvalue weighted by Crippen LogP contribution is -2.26. The van der Waals surface area contributed by atoms with Crippen LogP contribution in [0.5, 0.6) is 0 Å². The number of halogens is 1. The molecular formula is C22H24ClNO4S. The second-order valence-electron chi connectivity index (χ2n) is 7.03. The van der Waals surface area contributed by atoms with Gasteiger partial charge in [-0.05, 0) is 79.1 Å². The fraction of sp³-hybridized carbons (Fsp3) is 0.318. The molecule has 0 spiro atoms. The number of carbonyl (C=O) groups excluding carboxylic acids is 1. The quantitative estimate of drug-likeness (QED) is 0.504. The molecule has 0 fully saturated rings. The van der Waals surface area contributed by atoms with E-state index in [1.807, 2.05) is 6.07 Å². The average Bonchev–Trinajstić information content (AvgIpc) is 3.08. The van der Waals surface area contributed by atoms with Gasteiger partial charge in [-0.3, -0.25) is 0 Å². The van der Waals surface area contributed by atoms with E-state index in [-0.39, 0.29) is 10.9 Å². The van der Waals surface area contributed by atoms with Crippen LogP contribution >= 0.6 is 11.6 Å². The molecule has 0 saturated carbocycles. The van der Waals surface area contributed by atoms with Crippen molar-refractivity contribution in [2.45, 2.75) is 31.1 Å². The lowest BCUT2D eigenvalue weighted by atomic mass is 10.0. The highest BCUT2D eigenvalue weighted by Gasteiger charge is 2.22.